The molecule has 41 heavy (non-hydrogen) atoms. The molecule has 3 atom stereocenters. The monoisotopic (exact) mass is 575 g/mol. The van der Waals surface area contributed by atoms with Crippen LogP contribution in [0.2, 0.25) is 0 Å². The first kappa shape index (κ1) is 34.1. The summed E-state index contributed by atoms with van der Waals surface area (Å²) in [7, 11) is 0. The van der Waals surface area contributed by atoms with Crippen LogP contribution in [0, 0.1) is 6.92 Å². The van der Waals surface area contributed by atoms with Gasteiger partial charge in [0, 0.05) is 50.9 Å². The number of benzene rings is 1. The number of carbonyl (C=O) groups is 4. The zero-order valence-corrected chi connectivity index (χ0v) is 25.6. The van der Waals surface area contributed by atoms with Crippen LogP contribution in [0.25, 0.3) is 0 Å². The molecular weight excluding hydrogens is 526 g/mol. The molecule has 0 fully saturated rings. The summed E-state index contributed by atoms with van der Waals surface area (Å²) in [6.45, 7) is 11.0. The molecule has 0 N–H and O–H groups in total. The fourth-order valence-electron chi connectivity index (χ4n) is 4.90. The van der Waals surface area contributed by atoms with Crippen LogP contribution in [-0.2, 0) is 44.5 Å². The van der Waals surface area contributed by atoms with Crippen molar-refractivity contribution in [3.05, 3.63) is 29.3 Å². The maximum Gasteiger partial charge on any atom is 0.306 e. The molecule has 1 aliphatic heterocycles. The molecule has 0 saturated carbocycles. The number of ether oxygens (including phenoxy) is 4. The molecule has 0 saturated heterocycles. The summed E-state index contributed by atoms with van der Waals surface area (Å²) >= 11 is 0. The Labute approximate surface area is 245 Å². The number of aryl methyl sites for hydroxylation is 2. The van der Waals surface area contributed by atoms with Gasteiger partial charge < -0.3 is 23.8 Å². The molecule has 1 aromatic rings. The van der Waals surface area contributed by atoms with Crippen molar-refractivity contribution in [3.8, 4) is 0 Å². The first-order chi connectivity index (χ1) is 19.7. The summed E-state index contributed by atoms with van der Waals surface area (Å²) in [6, 6.07) is 6.55. The van der Waals surface area contributed by atoms with Gasteiger partial charge in [0.1, 0.15) is 12.2 Å². The summed E-state index contributed by atoms with van der Waals surface area (Å²) < 4.78 is 22.4. The second-order valence-corrected chi connectivity index (χ2v) is 10.8. The van der Waals surface area contributed by atoms with Crippen molar-refractivity contribution in [3.63, 3.8) is 0 Å². The predicted octanol–water partition coefficient (Wildman–Crippen LogP) is 5.62. The highest BCUT2D eigenvalue weighted by molar-refractivity contribution is 5.72. The average molecular weight is 576 g/mol. The van der Waals surface area contributed by atoms with Crippen molar-refractivity contribution >= 4 is 29.6 Å². The number of esters is 4. The zero-order valence-electron chi connectivity index (χ0n) is 25.6. The lowest BCUT2D eigenvalue weighted by molar-refractivity contribution is -0.186. The average Bonchev–Trinajstić information content (AvgIpc) is 3.08. The van der Waals surface area contributed by atoms with Gasteiger partial charge in [0.2, 0.25) is 0 Å². The molecule has 0 unspecified atom stereocenters. The Bertz CT molecular complexity index is 994. The van der Waals surface area contributed by atoms with E-state index in [1.165, 1.54) is 16.8 Å². The zero-order chi connectivity index (χ0) is 30.2. The minimum atomic E-state index is -1.03. The topological polar surface area (TPSA) is 108 Å². The number of nitrogens with zero attached hydrogens (tertiary/aromatic N) is 1. The van der Waals surface area contributed by atoms with Crippen LogP contribution in [0.1, 0.15) is 103 Å². The summed E-state index contributed by atoms with van der Waals surface area (Å²) in [4.78, 5) is 52.0. The van der Waals surface area contributed by atoms with Crippen molar-refractivity contribution in [1.29, 1.82) is 0 Å². The lowest BCUT2D eigenvalue weighted by Gasteiger charge is -2.31. The van der Waals surface area contributed by atoms with E-state index in [1.54, 1.807) is 6.92 Å². The molecule has 1 aliphatic rings. The second kappa shape index (κ2) is 18.4. The highest BCUT2D eigenvalue weighted by atomic mass is 16.6. The molecule has 2 rings (SSSR count). The minimum Gasteiger partial charge on any atom is -0.466 e. The van der Waals surface area contributed by atoms with Crippen LogP contribution in [-0.4, -0.2) is 61.9 Å². The molecule has 1 aromatic carbocycles. The van der Waals surface area contributed by atoms with Gasteiger partial charge in [-0.2, -0.15) is 0 Å². The molecule has 9 heteroatoms. The highest BCUT2D eigenvalue weighted by Crippen LogP contribution is 2.26. The van der Waals surface area contributed by atoms with Gasteiger partial charge in [-0.1, -0.05) is 32.9 Å². The number of hydrogen-bond donors (Lipinski definition) is 0. The van der Waals surface area contributed by atoms with Gasteiger partial charge >= 0.3 is 23.9 Å². The molecule has 0 aliphatic carbocycles. The standard InChI is InChI=1S/C32H49NO8/c1-6-11-28(34)38-21-18-27(40-29(35)12-7-2)32(41-30(36)13-8-3)24(5)39-31(37)15-10-20-33-19-9-14-25-17-16-23(4)26(33)22-25/h16-17,22,24,27,32H,6-15,18-21H2,1-5H3/t24-,27+,32+/m0/s1. The Morgan fingerprint density at radius 3 is 2.17 bits per heavy atom. The molecule has 0 radical (unpaired) electrons. The third-order valence-electron chi connectivity index (χ3n) is 7.04. The number of carbonyl (C=O) groups excluding carboxylic acids is 4. The molecule has 1 heterocycles. The van der Waals surface area contributed by atoms with Crippen LogP contribution < -0.4 is 4.90 Å². The Morgan fingerprint density at radius 1 is 0.854 bits per heavy atom. The molecule has 9 nitrogen and oxygen atoms in total. The van der Waals surface area contributed by atoms with E-state index in [0.717, 1.165) is 25.9 Å². The Hall–Kier alpha value is -3.10. The Balaban J connectivity index is 2.05. The minimum absolute atomic E-state index is 0.0121. The quantitative estimate of drug-likeness (QED) is 0.163. The lowest BCUT2D eigenvalue weighted by atomic mass is 10.1. The molecule has 0 aromatic heterocycles. The van der Waals surface area contributed by atoms with E-state index in [9.17, 15) is 19.2 Å². The summed E-state index contributed by atoms with van der Waals surface area (Å²) in [6.07, 6.45) is 2.67. The third-order valence-corrected chi connectivity index (χ3v) is 7.04. The van der Waals surface area contributed by atoms with E-state index >= 15 is 0 Å². The van der Waals surface area contributed by atoms with Gasteiger partial charge in [0.05, 0.1) is 6.61 Å². The number of hydrogen-bond acceptors (Lipinski definition) is 9. The lowest BCUT2D eigenvalue weighted by Crippen LogP contribution is -2.45. The summed E-state index contributed by atoms with van der Waals surface area (Å²) in [5, 5.41) is 0. The van der Waals surface area contributed by atoms with Crippen LogP contribution in [0.15, 0.2) is 18.2 Å². The van der Waals surface area contributed by atoms with Gasteiger partial charge in [-0.05, 0) is 69.6 Å². The first-order valence-electron chi connectivity index (χ1n) is 15.3. The first-order valence-corrected chi connectivity index (χ1v) is 15.3. The van der Waals surface area contributed by atoms with Crippen LogP contribution >= 0.6 is 0 Å². The molecular formula is C32H49NO8. The van der Waals surface area contributed by atoms with Crippen molar-refractivity contribution in [2.75, 3.05) is 24.6 Å². The van der Waals surface area contributed by atoms with Gasteiger partial charge in [0.15, 0.2) is 6.10 Å². The van der Waals surface area contributed by atoms with Crippen LogP contribution in [0.5, 0.6) is 0 Å². The van der Waals surface area contributed by atoms with Crippen molar-refractivity contribution in [2.24, 2.45) is 0 Å². The second-order valence-electron chi connectivity index (χ2n) is 10.8. The van der Waals surface area contributed by atoms with Gasteiger partial charge in [-0.25, -0.2) is 0 Å². The molecule has 0 amide bonds. The van der Waals surface area contributed by atoms with E-state index in [-0.39, 0.29) is 44.7 Å². The van der Waals surface area contributed by atoms with E-state index in [0.29, 0.717) is 25.7 Å². The van der Waals surface area contributed by atoms with Gasteiger partial charge in [-0.3, -0.25) is 19.2 Å². The molecule has 230 valence electrons. The van der Waals surface area contributed by atoms with Crippen LogP contribution in [0.4, 0.5) is 5.69 Å². The number of fused-ring (bicyclic) bond motifs is 2. The summed E-state index contributed by atoms with van der Waals surface area (Å²) in [5.74, 6) is -1.69. The van der Waals surface area contributed by atoms with Crippen LogP contribution in [0.3, 0.4) is 0 Å². The fourth-order valence-corrected chi connectivity index (χ4v) is 4.90. The third kappa shape index (κ3) is 12.1. The maximum atomic E-state index is 12.9. The van der Waals surface area contributed by atoms with E-state index in [1.807, 2.05) is 20.8 Å². The SMILES string of the molecule is CCCC(=O)OCC[C@@H](OC(=O)CCC)[C@H](OC(=O)CCC)[C@H](C)OC(=O)CCCN1CCCc2ccc(C)c1c2. The van der Waals surface area contributed by atoms with E-state index in [2.05, 4.69) is 30.0 Å². The van der Waals surface area contributed by atoms with Gasteiger partial charge in [0.25, 0.3) is 0 Å². The summed E-state index contributed by atoms with van der Waals surface area (Å²) in [5.41, 5.74) is 3.76. The molecule has 2 bridgehead atoms. The Morgan fingerprint density at radius 2 is 1.49 bits per heavy atom. The van der Waals surface area contributed by atoms with E-state index in [4.69, 9.17) is 18.9 Å². The Kier molecular flexibility index (Phi) is 15.3. The smallest absolute Gasteiger partial charge is 0.306 e. The van der Waals surface area contributed by atoms with Gasteiger partial charge in [-0.15, -0.1) is 0 Å². The van der Waals surface area contributed by atoms with Crippen molar-refractivity contribution in [1.82, 2.24) is 0 Å². The number of anilines is 1. The van der Waals surface area contributed by atoms with Crippen molar-refractivity contribution < 1.29 is 38.1 Å². The predicted molar refractivity (Wildman–Crippen MR) is 157 cm³/mol. The maximum absolute atomic E-state index is 12.9. The van der Waals surface area contributed by atoms with E-state index < -0.39 is 36.2 Å². The number of rotatable bonds is 18. The highest BCUT2D eigenvalue weighted by Gasteiger charge is 2.35. The normalized spacial score (nSPS) is 14.8. The van der Waals surface area contributed by atoms with Crippen molar-refractivity contribution in [2.45, 2.75) is 124 Å². The fraction of sp³-hybridized carbons (Fsp3) is 0.688. The molecule has 0 spiro atoms. The largest absolute Gasteiger partial charge is 0.466 e.